The fourth-order valence-corrected chi connectivity index (χ4v) is 2.68. The Kier molecular flexibility index (Phi) is 4.62. The number of rotatable bonds is 5. The van der Waals surface area contributed by atoms with Crippen molar-refractivity contribution in [2.45, 2.75) is 33.2 Å². The molecule has 0 spiro atoms. The minimum Gasteiger partial charge on any atom is -0.494 e. The maximum absolute atomic E-state index is 12.5. The number of amides is 1. The Morgan fingerprint density at radius 2 is 2.30 bits per heavy atom. The van der Waals surface area contributed by atoms with Gasteiger partial charge in [0.15, 0.2) is 5.69 Å². The molecule has 2 heterocycles. The number of anilines is 1. The maximum Gasteiger partial charge on any atom is 0.276 e. The number of carbonyl (C=O) groups excluding carboxylic acids is 1. The summed E-state index contributed by atoms with van der Waals surface area (Å²) < 4.78 is 5.60. The molecule has 0 unspecified atom stereocenters. The number of aryl methyl sites for hydroxylation is 1. The van der Waals surface area contributed by atoms with E-state index >= 15 is 0 Å². The molecule has 23 heavy (non-hydrogen) atoms. The van der Waals surface area contributed by atoms with Crippen molar-refractivity contribution in [3.63, 3.8) is 0 Å². The van der Waals surface area contributed by atoms with Crippen LogP contribution in [0.1, 0.15) is 40.7 Å². The van der Waals surface area contributed by atoms with Crippen LogP contribution in [0.5, 0.6) is 5.75 Å². The van der Waals surface area contributed by atoms with Crippen LogP contribution in [0.15, 0.2) is 18.2 Å². The van der Waals surface area contributed by atoms with E-state index in [1.807, 2.05) is 25.1 Å². The second-order valence-electron chi connectivity index (χ2n) is 5.74. The lowest BCUT2D eigenvalue weighted by molar-refractivity contribution is 0.102. The molecule has 122 valence electrons. The fourth-order valence-electron chi connectivity index (χ4n) is 2.68. The lowest BCUT2D eigenvalue weighted by atomic mass is 10.1. The number of ether oxygens (including phenoxy) is 1. The SMILES string of the molecule is CCCOc1ccc(NC(=O)c2n[nH]c3c2CNCC3)c(C)c1. The monoisotopic (exact) mass is 314 g/mol. The summed E-state index contributed by atoms with van der Waals surface area (Å²) in [5, 5.41) is 13.4. The summed E-state index contributed by atoms with van der Waals surface area (Å²) in [5.41, 5.74) is 4.23. The van der Waals surface area contributed by atoms with Crippen LogP contribution in [0.3, 0.4) is 0 Å². The number of H-pyrrole nitrogens is 1. The number of carbonyl (C=O) groups is 1. The third-order valence-corrected chi connectivity index (χ3v) is 3.94. The van der Waals surface area contributed by atoms with Crippen LogP contribution in [0.2, 0.25) is 0 Å². The zero-order valence-electron chi connectivity index (χ0n) is 13.5. The summed E-state index contributed by atoms with van der Waals surface area (Å²) in [6.07, 6.45) is 1.84. The van der Waals surface area contributed by atoms with Crippen LogP contribution < -0.4 is 15.4 Å². The van der Waals surface area contributed by atoms with E-state index in [-0.39, 0.29) is 5.91 Å². The van der Waals surface area contributed by atoms with E-state index in [1.165, 1.54) is 0 Å². The van der Waals surface area contributed by atoms with Gasteiger partial charge in [-0.25, -0.2) is 0 Å². The summed E-state index contributed by atoms with van der Waals surface area (Å²) in [7, 11) is 0. The summed E-state index contributed by atoms with van der Waals surface area (Å²) in [6.45, 7) is 6.31. The van der Waals surface area contributed by atoms with Gasteiger partial charge in [0.1, 0.15) is 5.75 Å². The summed E-state index contributed by atoms with van der Waals surface area (Å²) >= 11 is 0. The molecule has 2 aromatic rings. The molecule has 3 N–H and O–H groups in total. The molecule has 1 aromatic heterocycles. The number of aromatic nitrogens is 2. The maximum atomic E-state index is 12.5. The molecule has 1 aromatic carbocycles. The van der Waals surface area contributed by atoms with Crippen molar-refractivity contribution in [1.29, 1.82) is 0 Å². The Labute approximate surface area is 135 Å². The molecular formula is C17H22N4O2. The summed E-state index contributed by atoms with van der Waals surface area (Å²) in [5.74, 6) is 0.639. The normalized spacial score (nSPS) is 13.5. The number of hydrogen-bond acceptors (Lipinski definition) is 4. The van der Waals surface area contributed by atoms with Crippen LogP contribution in [-0.2, 0) is 13.0 Å². The fraction of sp³-hybridized carbons (Fsp3) is 0.412. The van der Waals surface area contributed by atoms with E-state index < -0.39 is 0 Å². The largest absolute Gasteiger partial charge is 0.494 e. The lowest BCUT2D eigenvalue weighted by Gasteiger charge is -2.14. The second kappa shape index (κ2) is 6.83. The van der Waals surface area contributed by atoms with Crippen molar-refractivity contribution in [2.75, 3.05) is 18.5 Å². The number of benzene rings is 1. The predicted molar refractivity (Wildman–Crippen MR) is 88.9 cm³/mol. The highest BCUT2D eigenvalue weighted by Gasteiger charge is 2.21. The molecule has 6 heteroatoms. The number of aromatic amines is 1. The van der Waals surface area contributed by atoms with E-state index in [0.717, 1.165) is 47.6 Å². The first-order chi connectivity index (χ1) is 11.2. The number of nitrogens with zero attached hydrogens (tertiary/aromatic N) is 1. The van der Waals surface area contributed by atoms with E-state index in [2.05, 4.69) is 27.8 Å². The molecule has 6 nitrogen and oxygen atoms in total. The third-order valence-electron chi connectivity index (χ3n) is 3.94. The van der Waals surface area contributed by atoms with Gasteiger partial charge >= 0.3 is 0 Å². The molecule has 0 radical (unpaired) electrons. The summed E-state index contributed by atoms with van der Waals surface area (Å²) in [6, 6.07) is 5.68. The van der Waals surface area contributed by atoms with Gasteiger partial charge in [-0.15, -0.1) is 0 Å². The average molecular weight is 314 g/mol. The quantitative estimate of drug-likeness (QED) is 0.792. The first kappa shape index (κ1) is 15.6. The van der Waals surface area contributed by atoms with Gasteiger partial charge in [-0.2, -0.15) is 5.10 Å². The standard InChI is InChI=1S/C17H22N4O2/c1-3-8-23-12-4-5-14(11(2)9-12)19-17(22)16-13-10-18-7-6-15(13)20-21-16/h4-5,9,18H,3,6-8,10H2,1-2H3,(H,19,22)(H,20,21). The Bertz CT molecular complexity index is 709. The number of fused-ring (bicyclic) bond motifs is 1. The highest BCUT2D eigenvalue weighted by molar-refractivity contribution is 6.04. The van der Waals surface area contributed by atoms with Crippen molar-refractivity contribution in [2.24, 2.45) is 0 Å². The smallest absolute Gasteiger partial charge is 0.276 e. The van der Waals surface area contributed by atoms with Gasteiger partial charge in [-0.3, -0.25) is 9.89 Å². The first-order valence-electron chi connectivity index (χ1n) is 8.00. The minimum atomic E-state index is -0.184. The minimum absolute atomic E-state index is 0.184. The van der Waals surface area contributed by atoms with Gasteiger partial charge < -0.3 is 15.4 Å². The molecule has 1 amide bonds. The highest BCUT2D eigenvalue weighted by Crippen LogP contribution is 2.23. The molecule has 0 saturated heterocycles. The molecule has 1 aliphatic heterocycles. The summed E-state index contributed by atoms with van der Waals surface area (Å²) in [4.78, 5) is 12.5. The van der Waals surface area contributed by atoms with Crippen LogP contribution in [-0.4, -0.2) is 29.3 Å². The first-order valence-corrected chi connectivity index (χ1v) is 8.00. The van der Waals surface area contributed by atoms with Crippen molar-refractivity contribution < 1.29 is 9.53 Å². The molecule has 0 saturated carbocycles. The van der Waals surface area contributed by atoms with Gasteiger partial charge in [0.2, 0.25) is 0 Å². The lowest BCUT2D eigenvalue weighted by Crippen LogP contribution is -2.25. The highest BCUT2D eigenvalue weighted by atomic mass is 16.5. The van der Waals surface area contributed by atoms with E-state index in [9.17, 15) is 4.79 Å². The van der Waals surface area contributed by atoms with Crippen LogP contribution in [0.4, 0.5) is 5.69 Å². The Balaban J connectivity index is 1.74. The van der Waals surface area contributed by atoms with Crippen molar-refractivity contribution >= 4 is 11.6 Å². The predicted octanol–water partition coefficient (Wildman–Crippen LogP) is 2.40. The van der Waals surface area contributed by atoms with Gasteiger partial charge in [-0.1, -0.05) is 6.92 Å². The van der Waals surface area contributed by atoms with E-state index in [4.69, 9.17) is 4.74 Å². The molecule has 0 fully saturated rings. The Hall–Kier alpha value is -2.34. The van der Waals surface area contributed by atoms with Crippen LogP contribution in [0, 0.1) is 6.92 Å². The Morgan fingerprint density at radius 1 is 1.43 bits per heavy atom. The second-order valence-corrected chi connectivity index (χ2v) is 5.74. The molecule has 1 aliphatic rings. The number of nitrogens with one attached hydrogen (secondary N) is 3. The molecular weight excluding hydrogens is 292 g/mol. The van der Waals surface area contributed by atoms with Gasteiger partial charge in [0, 0.05) is 36.5 Å². The average Bonchev–Trinajstić information content (AvgIpc) is 2.99. The van der Waals surface area contributed by atoms with Crippen LogP contribution in [0.25, 0.3) is 0 Å². The van der Waals surface area contributed by atoms with E-state index in [1.54, 1.807) is 0 Å². The van der Waals surface area contributed by atoms with Gasteiger partial charge in [-0.05, 0) is 37.1 Å². The molecule has 0 aliphatic carbocycles. The van der Waals surface area contributed by atoms with Crippen molar-refractivity contribution in [1.82, 2.24) is 15.5 Å². The Morgan fingerprint density at radius 3 is 3.09 bits per heavy atom. The zero-order valence-corrected chi connectivity index (χ0v) is 13.5. The third kappa shape index (κ3) is 3.37. The zero-order chi connectivity index (χ0) is 16.2. The van der Waals surface area contributed by atoms with Gasteiger partial charge in [0.05, 0.1) is 6.61 Å². The van der Waals surface area contributed by atoms with Crippen LogP contribution >= 0.6 is 0 Å². The van der Waals surface area contributed by atoms with Crippen molar-refractivity contribution in [3.8, 4) is 5.75 Å². The molecule has 0 atom stereocenters. The number of hydrogen-bond donors (Lipinski definition) is 3. The molecule has 3 rings (SSSR count). The van der Waals surface area contributed by atoms with E-state index in [0.29, 0.717) is 18.8 Å². The topological polar surface area (TPSA) is 79.0 Å². The van der Waals surface area contributed by atoms with Crippen molar-refractivity contribution in [3.05, 3.63) is 40.7 Å². The molecule has 0 bridgehead atoms. The van der Waals surface area contributed by atoms with Gasteiger partial charge in [0.25, 0.3) is 5.91 Å².